The molecule has 5 aromatic rings. The largest absolute Gasteiger partial charge is 0.275 e. The lowest BCUT2D eigenvalue weighted by molar-refractivity contribution is 0.837. The van der Waals surface area contributed by atoms with Crippen molar-refractivity contribution in [2.75, 3.05) is 4.90 Å². The lowest BCUT2D eigenvalue weighted by Gasteiger charge is -2.24. The minimum atomic E-state index is 0.826. The van der Waals surface area contributed by atoms with E-state index in [1.807, 2.05) is 58.0 Å². The Balaban J connectivity index is 1.68. The molecule has 0 bridgehead atoms. The average molecular weight is 434 g/mol. The van der Waals surface area contributed by atoms with Crippen LogP contribution >= 0.6 is 0 Å². The van der Waals surface area contributed by atoms with Crippen LogP contribution in [0, 0.1) is 27.7 Å². The van der Waals surface area contributed by atoms with E-state index in [1.165, 1.54) is 16.7 Å². The van der Waals surface area contributed by atoms with Crippen LogP contribution in [0.5, 0.6) is 0 Å². The Bertz CT molecular complexity index is 1370. The lowest BCUT2D eigenvalue weighted by atomic mass is 10.0. The molecule has 2 heterocycles. The van der Waals surface area contributed by atoms with E-state index in [2.05, 4.69) is 75.1 Å². The number of rotatable bonds is 5. The number of para-hydroxylation sites is 2. The third kappa shape index (κ3) is 3.94. The molecule has 0 aliphatic heterocycles. The Kier molecular flexibility index (Phi) is 5.31. The Morgan fingerprint density at radius 3 is 1.88 bits per heavy atom. The van der Waals surface area contributed by atoms with Crippen molar-refractivity contribution in [1.29, 1.82) is 0 Å². The van der Waals surface area contributed by atoms with E-state index in [4.69, 9.17) is 10.2 Å². The van der Waals surface area contributed by atoms with Gasteiger partial charge in [0.2, 0.25) is 0 Å². The van der Waals surface area contributed by atoms with Crippen molar-refractivity contribution in [3.8, 4) is 11.4 Å². The van der Waals surface area contributed by atoms with Gasteiger partial charge in [0, 0.05) is 24.0 Å². The maximum Gasteiger partial charge on any atom is 0.161 e. The summed E-state index contributed by atoms with van der Waals surface area (Å²) in [7, 11) is 0. The number of anilines is 3. The molecule has 0 aliphatic rings. The van der Waals surface area contributed by atoms with Gasteiger partial charge in [-0.15, -0.1) is 10.2 Å². The van der Waals surface area contributed by atoms with Gasteiger partial charge in [0.1, 0.15) is 0 Å². The topological polar surface area (TPSA) is 38.9 Å². The molecule has 0 saturated heterocycles. The summed E-state index contributed by atoms with van der Waals surface area (Å²) in [4.78, 5) is 2.16. The Hall–Kier alpha value is -4.12. The third-order valence-corrected chi connectivity index (χ3v) is 5.79. The van der Waals surface area contributed by atoms with E-state index in [9.17, 15) is 0 Å². The highest BCUT2D eigenvalue weighted by Crippen LogP contribution is 2.38. The molecule has 5 heteroatoms. The summed E-state index contributed by atoms with van der Waals surface area (Å²) in [6.07, 6.45) is 2.00. The van der Waals surface area contributed by atoms with Gasteiger partial charge in [-0.25, -0.2) is 9.36 Å². The van der Waals surface area contributed by atoms with Crippen LogP contribution in [0.4, 0.5) is 17.3 Å². The minimum absolute atomic E-state index is 0.826. The highest BCUT2D eigenvalue weighted by atomic mass is 15.4. The second-order valence-corrected chi connectivity index (χ2v) is 8.43. The van der Waals surface area contributed by atoms with Crippen molar-refractivity contribution < 1.29 is 0 Å². The molecule has 0 spiro atoms. The molecule has 2 aromatic heterocycles. The molecule has 0 N–H and O–H groups in total. The summed E-state index contributed by atoms with van der Waals surface area (Å²) in [5.74, 6) is 1.66. The Labute approximate surface area is 194 Å². The van der Waals surface area contributed by atoms with Crippen LogP contribution in [0.2, 0.25) is 0 Å². The first-order chi connectivity index (χ1) is 16.0. The first-order valence-electron chi connectivity index (χ1n) is 11.1. The first kappa shape index (κ1) is 20.8. The zero-order valence-corrected chi connectivity index (χ0v) is 19.4. The lowest BCUT2D eigenvalue weighted by Crippen LogP contribution is -2.15. The highest BCUT2D eigenvalue weighted by molar-refractivity contribution is 5.77. The number of benzene rings is 3. The highest BCUT2D eigenvalue weighted by Gasteiger charge is 2.23. The monoisotopic (exact) mass is 433 g/mol. The molecule has 0 saturated carbocycles. The van der Waals surface area contributed by atoms with Crippen LogP contribution in [0.3, 0.4) is 0 Å². The van der Waals surface area contributed by atoms with Crippen molar-refractivity contribution in [3.05, 3.63) is 114 Å². The molecule has 0 amide bonds. The molecular formula is C28H27N5. The van der Waals surface area contributed by atoms with Gasteiger partial charge >= 0.3 is 0 Å². The summed E-state index contributed by atoms with van der Waals surface area (Å²) in [5.41, 5.74) is 7.85. The SMILES string of the molecule is Cc1cc(C)c(N(c2ccn(-c3ccccc3)n2)c2cc(C)n(-c3ccccc3)n2)c(C)c1. The molecule has 5 rings (SSSR count). The van der Waals surface area contributed by atoms with E-state index < -0.39 is 0 Å². The van der Waals surface area contributed by atoms with Crippen LogP contribution in [-0.4, -0.2) is 19.6 Å². The van der Waals surface area contributed by atoms with Crippen molar-refractivity contribution >= 4 is 17.3 Å². The molecule has 3 aromatic carbocycles. The molecule has 0 fully saturated rings. The Morgan fingerprint density at radius 1 is 0.636 bits per heavy atom. The molecule has 0 aliphatic carbocycles. The quantitative estimate of drug-likeness (QED) is 0.307. The minimum Gasteiger partial charge on any atom is -0.275 e. The third-order valence-electron chi connectivity index (χ3n) is 5.79. The smallest absolute Gasteiger partial charge is 0.161 e. The van der Waals surface area contributed by atoms with Gasteiger partial charge < -0.3 is 0 Å². The van der Waals surface area contributed by atoms with Crippen molar-refractivity contribution in [1.82, 2.24) is 19.6 Å². The van der Waals surface area contributed by atoms with E-state index in [1.54, 1.807) is 0 Å². The normalized spacial score (nSPS) is 11.0. The van der Waals surface area contributed by atoms with Crippen LogP contribution in [-0.2, 0) is 0 Å². The van der Waals surface area contributed by atoms with Gasteiger partial charge in [0.25, 0.3) is 0 Å². The fraction of sp³-hybridized carbons (Fsp3) is 0.143. The summed E-state index contributed by atoms with van der Waals surface area (Å²) >= 11 is 0. The summed E-state index contributed by atoms with van der Waals surface area (Å²) < 4.78 is 3.89. The van der Waals surface area contributed by atoms with Crippen LogP contribution in [0.1, 0.15) is 22.4 Å². The molecule has 164 valence electrons. The molecular weight excluding hydrogens is 406 g/mol. The van der Waals surface area contributed by atoms with Crippen LogP contribution in [0.25, 0.3) is 11.4 Å². The molecule has 0 unspecified atom stereocenters. The average Bonchev–Trinajstić information content (AvgIpc) is 3.44. The van der Waals surface area contributed by atoms with Crippen molar-refractivity contribution in [2.24, 2.45) is 0 Å². The van der Waals surface area contributed by atoms with Gasteiger partial charge in [-0.1, -0.05) is 54.1 Å². The number of nitrogens with zero attached hydrogens (tertiary/aromatic N) is 5. The standard InChI is InChI=1S/C28H27N5/c1-20-17-21(2)28(22(3)18-20)32(26-15-16-31(29-26)24-11-7-5-8-12-24)27-19-23(4)33(30-27)25-13-9-6-10-14-25/h5-19H,1-4H3. The van der Waals surface area contributed by atoms with Crippen molar-refractivity contribution in [3.63, 3.8) is 0 Å². The number of aromatic nitrogens is 4. The van der Waals surface area contributed by atoms with E-state index in [0.717, 1.165) is 34.4 Å². The second kappa shape index (κ2) is 8.43. The number of hydrogen-bond acceptors (Lipinski definition) is 3. The van der Waals surface area contributed by atoms with Gasteiger partial charge in [0.05, 0.1) is 17.1 Å². The van der Waals surface area contributed by atoms with E-state index in [0.29, 0.717) is 0 Å². The zero-order valence-electron chi connectivity index (χ0n) is 19.4. The summed E-state index contributed by atoms with van der Waals surface area (Å²) in [6, 6.07) is 29.0. The summed E-state index contributed by atoms with van der Waals surface area (Å²) in [6.45, 7) is 8.51. The fourth-order valence-corrected chi connectivity index (χ4v) is 4.43. The molecule has 5 nitrogen and oxygen atoms in total. The van der Waals surface area contributed by atoms with Gasteiger partial charge in [-0.05, 0) is 63.1 Å². The van der Waals surface area contributed by atoms with Gasteiger partial charge in [0.15, 0.2) is 11.6 Å². The zero-order chi connectivity index (χ0) is 22.9. The molecule has 0 atom stereocenters. The number of aryl methyl sites for hydroxylation is 4. The predicted octanol–water partition coefficient (Wildman–Crippen LogP) is 6.76. The first-order valence-corrected chi connectivity index (χ1v) is 11.1. The molecule has 33 heavy (non-hydrogen) atoms. The van der Waals surface area contributed by atoms with Crippen molar-refractivity contribution in [2.45, 2.75) is 27.7 Å². The van der Waals surface area contributed by atoms with E-state index >= 15 is 0 Å². The summed E-state index contributed by atoms with van der Waals surface area (Å²) in [5, 5.41) is 9.96. The van der Waals surface area contributed by atoms with Crippen LogP contribution < -0.4 is 4.90 Å². The molecule has 0 radical (unpaired) electrons. The second-order valence-electron chi connectivity index (χ2n) is 8.43. The van der Waals surface area contributed by atoms with E-state index in [-0.39, 0.29) is 0 Å². The van der Waals surface area contributed by atoms with Gasteiger partial charge in [-0.3, -0.25) is 4.90 Å². The maximum atomic E-state index is 5.01. The van der Waals surface area contributed by atoms with Gasteiger partial charge in [-0.2, -0.15) is 0 Å². The maximum absolute atomic E-state index is 5.01. The predicted molar refractivity (Wildman–Crippen MR) is 134 cm³/mol. The van der Waals surface area contributed by atoms with Crippen LogP contribution in [0.15, 0.2) is 91.1 Å². The fourth-order valence-electron chi connectivity index (χ4n) is 4.43. The Morgan fingerprint density at radius 2 is 1.24 bits per heavy atom. The number of hydrogen-bond donors (Lipinski definition) is 0.